The van der Waals surface area contributed by atoms with Gasteiger partial charge in [0.1, 0.15) is 17.0 Å². The number of H-pyrrole nitrogens is 1. The van der Waals surface area contributed by atoms with E-state index in [2.05, 4.69) is 14.7 Å². The van der Waals surface area contributed by atoms with Crippen molar-refractivity contribution in [1.82, 2.24) is 9.97 Å². The van der Waals surface area contributed by atoms with Gasteiger partial charge in [0, 0.05) is 12.1 Å². The number of halogens is 2. The van der Waals surface area contributed by atoms with E-state index >= 15 is 0 Å². The molecule has 2 aromatic rings. The maximum absolute atomic E-state index is 11.8. The molecule has 0 amide bonds. The fraction of sp³-hybridized carbons (Fsp3) is 0.125. The molecular formula is C8H6F2N2O2. The van der Waals surface area contributed by atoms with Gasteiger partial charge in [-0.2, -0.15) is 8.78 Å². The molecule has 1 aromatic carbocycles. The molecule has 0 radical (unpaired) electrons. The molecule has 0 aliphatic rings. The number of hydrogen-bond donors (Lipinski definition) is 2. The minimum absolute atomic E-state index is 0.103. The minimum Gasteiger partial charge on any atom is -0.505 e. The van der Waals surface area contributed by atoms with E-state index in [-0.39, 0.29) is 11.5 Å². The van der Waals surface area contributed by atoms with Crippen molar-refractivity contribution in [2.24, 2.45) is 0 Å². The molecule has 6 heteroatoms. The molecule has 0 saturated carbocycles. The average Bonchev–Trinajstić information content (AvgIpc) is 2.50. The van der Waals surface area contributed by atoms with Crippen molar-refractivity contribution in [1.29, 1.82) is 0 Å². The molecule has 2 rings (SSSR count). The number of nitrogens with one attached hydrogen (secondary N) is 1. The number of fused-ring (bicyclic) bond motifs is 1. The van der Waals surface area contributed by atoms with Crippen LogP contribution >= 0.6 is 0 Å². The fourth-order valence-corrected chi connectivity index (χ4v) is 1.18. The number of alkyl halides is 2. The molecule has 0 bridgehead atoms. The van der Waals surface area contributed by atoms with Crippen LogP contribution in [-0.4, -0.2) is 21.7 Å². The zero-order valence-corrected chi connectivity index (χ0v) is 6.87. The SMILES string of the molecule is Oc1cc(OC(F)F)cc2[nH]cnc12. The van der Waals surface area contributed by atoms with Crippen LogP contribution in [0.2, 0.25) is 0 Å². The Labute approximate surface area is 77.1 Å². The molecule has 0 saturated heterocycles. The van der Waals surface area contributed by atoms with E-state index in [0.717, 1.165) is 6.07 Å². The highest BCUT2D eigenvalue weighted by Crippen LogP contribution is 2.28. The molecule has 0 aliphatic heterocycles. The summed E-state index contributed by atoms with van der Waals surface area (Å²) in [5, 5.41) is 9.35. The first-order valence-corrected chi connectivity index (χ1v) is 3.78. The Bertz CT molecular complexity index is 456. The van der Waals surface area contributed by atoms with Crippen LogP contribution in [0.25, 0.3) is 11.0 Å². The van der Waals surface area contributed by atoms with Gasteiger partial charge in [-0.05, 0) is 0 Å². The van der Waals surface area contributed by atoms with Crippen molar-refractivity contribution in [3.63, 3.8) is 0 Å². The van der Waals surface area contributed by atoms with Crippen LogP contribution in [0.1, 0.15) is 0 Å². The van der Waals surface area contributed by atoms with Gasteiger partial charge in [0.15, 0.2) is 0 Å². The van der Waals surface area contributed by atoms with E-state index in [9.17, 15) is 13.9 Å². The number of phenolic OH excluding ortho intramolecular Hbond substituents is 1. The molecule has 0 spiro atoms. The Hall–Kier alpha value is -1.85. The Kier molecular flexibility index (Phi) is 1.95. The predicted molar refractivity (Wildman–Crippen MR) is 44.4 cm³/mol. The molecule has 0 aliphatic carbocycles. The minimum atomic E-state index is -2.91. The van der Waals surface area contributed by atoms with Gasteiger partial charge in [0.05, 0.1) is 11.8 Å². The summed E-state index contributed by atoms with van der Waals surface area (Å²) in [6.07, 6.45) is 1.36. The molecular weight excluding hydrogens is 194 g/mol. The lowest BCUT2D eigenvalue weighted by atomic mass is 10.3. The third-order valence-corrected chi connectivity index (χ3v) is 1.70. The second-order valence-corrected chi connectivity index (χ2v) is 2.62. The maximum atomic E-state index is 11.8. The van der Waals surface area contributed by atoms with Crippen LogP contribution in [0.15, 0.2) is 18.5 Å². The number of nitrogens with zero attached hydrogens (tertiary/aromatic N) is 1. The van der Waals surface area contributed by atoms with Gasteiger partial charge in [0.2, 0.25) is 0 Å². The number of ether oxygens (including phenoxy) is 1. The molecule has 0 fully saturated rings. The summed E-state index contributed by atoms with van der Waals surface area (Å²) in [6.45, 7) is -2.91. The summed E-state index contributed by atoms with van der Waals surface area (Å²) in [4.78, 5) is 6.47. The second-order valence-electron chi connectivity index (χ2n) is 2.62. The highest BCUT2D eigenvalue weighted by Gasteiger charge is 2.09. The van der Waals surface area contributed by atoms with E-state index in [0.29, 0.717) is 11.0 Å². The van der Waals surface area contributed by atoms with Gasteiger partial charge in [-0.3, -0.25) is 0 Å². The quantitative estimate of drug-likeness (QED) is 0.777. The summed E-state index contributed by atoms with van der Waals surface area (Å²) < 4.78 is 27.8. The number of rotatable bonds is 2. The first kappa shape index (κ1) is 8.74. The van der Waals surface area contributed by atoms with Crippen molar-refractivity contribution in [2.75, 3.05) is 0 Å². The average molecular weight is 200 g/mol. The zero-order chi connectivity index (χ0) is 10.1. The van der Waals surface area contributed by atoms with Crippen LogP contribution in [0.5, 0.6) is 11.5 Å². The number of imidazole rings is 1. The van der Waals surface area contributed by atoms with E-state index in [1.807, 2.05) is 0 Å². The van der Waals surface area contributed by atoms with Crippen molar-refractivity contribution < 1.29 is 18.6 Å². The topological polar surface area (TPSA) is 58.1 Å². The van der Waals surface area contributed by atoms with Crippen LogP contribution in [0, 0.1) is 0 Å². The summed E-state index contributed by atoms with van der Waals surface area (Å²) in [6, 6.07) is 2.43. The van der Waals surface area contributed by atoms with E-state index < -0.39 is 6.61 Å². The standard InChI is InChI=1S/C8H6F2N2O2/c9-8(10)14-4-1-5-7(6(13)2-4)12-3-11-5/h1-3,8,13H,(H,11,12). The molecule has 1 aromatic heterocycles. The summed E-state index contributed by atoms with van der Waals surface area (Å²) in [5.74, 6) is -0.298. The summed E-state index contributed by atoms with van der Waals surface area (Å²) in [7, 11) is 0. The Morgan fingerprint density at radius 3 is 2.93 bits per heavy atom. The van der Waals surface area contributed by atoms with Crippen LogP contribution in [-0.2, 0) is 0 Å². The van der Waals surface area contributed by atoms with Crippen molar-refractivity contribution in [2.45, 2.75) is 6.61 Å². The number of hydrogen-bond acceptors (Lipinski definition) is 3. The Balaban J connectivity index is 2.47. The van der Waals surface area contributed by atoms with Crippen molar-refractivity contribution in [3.05, 3.63) is 18.5 Å². The number of aromatic hydroxyl groups is 1. The van der Waals surface area contributed by atoms with Gasteiger partial charge in [-0.1, -0.05) is 0 Å². The largest absolute Gasteiger partial charge is 0.505 e. The van der Waals surface area contributed by atoms with Gasteiger partial charge in [0.25, 0.3) is 0 Å². The van der Waals surface area contributed by atoms with Gasteiger partial charge < -0.3 is 14.8 Å². The van der Waals surface area contributed by atoms with E-state index in [4.69, 9.17) is 0 Å². The van der Waals surface area contributed by atoms with E-state index in [1.54, 1.807) is 0 Å². The molecule has 1 heterocycles. The number of benzene rings is 1. The highest BCUT2D eigenvalue weighted by atomic mass is 19.3. The molecule has 74 valence electrons. The summed E-state index contributed by atoms with van der Waals surface area (Å²) in [5.41, 5.74) is 0.771. The van der Waals surface area contributed by atoms with Crippen molar-refractivity contribution in [3.8, 4) is 11.5 Å². The fourth-order valence-electron chi connectivity index (χ4n) is 1.18. The lowest BCUT2D eigenvalue weighted by Crippen LogP contribution is -2.01. The van der Waals surface area contributed by atoms with Gasteiger partial charge in [-0.15, -0.1) is 0 Å². The normalized spacial score (nSPS) is 11.1. The third kappa shape index (κ3) is 1.46. The second kappa shape index (κ2) is 3.13. The number of aromatic amines is 1. The van der Waals surface area contributed by atoms with Crippen LogP contribution < -0.4 is 4.74 Å². The molecule has 0 unspecified atom stereocenters. The molecule has 4 nitrogen and oxygen atoms in total. The third-order valence-electron chi connectivity index (χ3n) is 1.70. The lowest BCUT2D eigenvalue weighted by Gasteiger charge is -2.04. The maximum Gasteiger partial charge on any atom is 0.387 e. The summed E-state index contributed by atoms with van der Waals surface area (Å²) >= 11 is 0. The van der Waals surface area contributed by atoms with E-state index in [1.165, 1.54) is 12.4 Å². The van der Waals surface area contributed by atoms with Crippen molar-refractivity contribution >= 4 is 11.0 Å². The zero-order valence-electron chi connectivity index (χ0n) is 6.87. The number of phenols is 1. The Morgan fingerprint density at radius 1 is 1.43 bits per heavy atom. The first-order valence-electron chi connectivity index (χ1n) is 3.78. The first-order chi connectivity index (χ1) is 6.66. The molecule has 2 N–H and O–H groups in total. The van der Waals surface area contributed by atoms with Crippen LogP contribution in [0.4, 0.5) is 8.78 Å². The molecule has 14 heavy (non-hydrogen) atoms. The lowest BCUT2D eigenvalue weighted by molar-refractivity contribution is -0.0498. The smallest absolute Gasteiger partial charge is 0.387 e. The highest BCUT2D eigenvalue weighted by molar-refractivity contribution is 5.82. The van der Waals surface area contributed by atoms with Gasteiger partial charge in [-0.25, -0.2) is 4.98 Å². The number of aromatic nitrogens is 2. The van der Waals surface area contributed by atoms with Crippen LogP contribution in [0.3, 0.4) is 0 Å². The predicted octanol–water partition coefficient (Wildman–Crippen LogP) is 1.87. The Morgan fingerprint density at radius 2 is 2.21 bits per heavy atom. The monoisotopic (exact) mass is 200 g/mol. The molecule has 0 atom stereocenters. The van der Waals surface area contributed by atoms with Gasteiger partial charge >= 0.3 is 6.61 Å².